The normalized spacial score (nSPS) is 18.9. The second-order valence-corrected chi connectivity index (χ2v) is 28.5. The Hall–Kier alpha value is -10.1. The molecular weight excluding hydrogens is 1430 g/mol. The zero-order chi connectivity index (χ0) is 75.3. The highest BCUT2D eigenvalue weighted by Crippen LogP contribution is 2.35. The quantitative estimate of drug-likeness (QED) is 0.0681. The maximum absolute atomic E-state index is 13.2. The zero-order valence-corrected chi connectivity index (χ0v) is 65.4. The number of amides is 2. The number of aliphatic imine (C=N–C) groups is 3. The molecule has 21 nitrogen and oxygen atoms in total. The van der Waals surface area contributed by atoms with Crippen molar-refractivity contribution in [3.05, 3.63) is 272 Å². The van der Waals surface area contributed by atoms with Crippen LogP contribution < -0.4 is 10.6 Å². The molecule has 578 valence electrons. The lowest BCUT2D eigenvalue weighted by Gasteiger charge is -2.42. The maximum atomic E-state index is 13.2. The lowest BCUT2D eigenvalue weighted by Crippen LogP contribution is -2.53. The standard InChI is InChI=1S/2C24H26N4O.2C14H17NO3.C11H15N3.2ClH/c2*1-18-7-5-6-10-20(18)16-28-22-11-13-26(15-19-8-3-2-4-9-19)17-21(22)23(29)27-14-12-25-24(27)28;2*1-18-14(17)12-10-15(8-7-13(12)16)9-11-5-3-2-4-6-11;1-9-4-2-3-5-10(9)8-14-11-12-6-7-13-11;;/h2*2-10H,11-17H2,1H3;2*2-6,12H,7-10H2,1H3;2-5H,6-8H2,1H3,(H2,12,13,14);2*1H. The number of methoxy groups -OCH3 is 2. The molecule has 23 heteroatoms. The molecule has 16 rings (SSSR count). The number of fused-ring (bicyclic) bond motifs is 2. The third-order valence-electron chi connectivity index (χ3n) is 21.1. The Morgan fingerprint density at radius 3 is 1.12 bits per heavy atom. The average molecular weight is 1530 g/mol. The van der Waals surface area contributed by atoms with Gasteiger partial charge in [-0.25, -0.2) is 0 Å². The largest absolute Gasteiger partial charge is 0.468 e. The lowest BCUT2D eigenvalue weighted by molar-refractivity contribution is -0.153. The number of nitrogens with zero attached hydrogens (tertiary/aromatic N) is 11. The molecule has 9 heterocycles. The number of halogens is 2. The number of aryl methyl sites for hydroxylation is 3. The van der Waals surface area contributed by atoms with Crippen molar-refractivity contribution in [3.63, 3.8) is 0 Å². The van der Waals surface area contributed by atoms with Crippen molar-refractivity contribution in [2.24, 2.45) is 26.8 Å². The second-order valence-electron chi connectivity index (χ2n) is 28.5. The predicted molar refractivity (Wildman–Crippen MR) is 435 cm³/mol. The first-order chi connectivity index (χ1) is 52.7. The number of carbonyl (C=O) groups excluding carboxylic acids is 6. The number of hydrogen-bond donors (Lipinski definition) is 2. The van der Waals surface area contributed by atoms with E-state index in [2.05, 4.69) is 197 Å². The van der Waals surface area contributed by atoms with Gasteiger partial charge in [0.1, 0.15) is 23.4 Å². The number of Topliss-reactive ketones (excluding diaryl/α,β-unsaturated/α-hetero) is 2. The molecule has 2 N–H and O–H groups in total. The van der Waals surface area contributed by atoms with Crippen LogP contribution in [0.3, 0.4) is 0 Å². The van der Waals surface area contributed by atoms with Crippen LogP contribution in [0.25, 0.3) is 0 Å². The van der Waals surface area contributed by atoms with Gasteiger partial charge in [0.15, 0.2) is 5.96 Å². The van der Waals surface area contributed by atoms with E-state index in [9.17, 15) is 28.8 Å². The van der Waals surface area contributed by atoms with E-state index in [1.165, 1.54) is 81.2 Å². The van der Waals surface area contributed by atoms with Gasteiger partial charge in [0.25, 0.3) is 11.8 Å². The number of hydrogen-bond acceptors (Lipinski definition) is 19. The Balaban J connectivity index is 0.000000150. The van der Waals surface area contributed by atoms with Crippen LogP contribution in [-0.4, -0.2) is 198 Å². The van der Waals surface area contributed by atoms with Gasteiger partial charge in [0, 0.05) is 142 Å². The molecule has 110 heavy (non-hydrogen) atoms. The minimum absolute atomic E-state index is 0. The molecule has 0 saturated carbocycles. The molecular formula is C87H103Cl2N13O8. The van der Waals surface area contributed by atoms with Crippen molar-refractivity contribution in [2.45, 2.75) is 92.3 Å². The molecule has 0 radical (unpaired) electrons. The fourth-order valence-electron chi connectivity index (χ4n) is 15.0. The monoisotopic (exact) mass is 1530 g/mol. The summed E-state index contributed by atoms with van der Waals surface area (Å²) in [5.74, 6) is 0.813. The highest BCUT2D eigenvalue weighted by Gasteiger charge is 2.43. The van der Waals surface area contributed by atoms with Gasteiger partial charge in [0.2, 0.25) is 11.9 Å². The van der Waals surface area contributed by atoms with E-state index in [1.54, 1.807) is 0 Å². The van der Waals surface area contributed by atoms with E-state index in [0.717, 1.165) is 114 Å². The van der Waals surface area contributed by atoms with Crippen LogP contribution in [0.2, 0.25) is 0 Å². The highest BCUT2D eigenvalue weighted by molar-refractivity contribution is 6.11. The lowest BCUT2D eigenvalue weighted by atomic mass is 9.96. The van der Waals surface area contributed by atoms with E-state index >= 15 is 0 Å². The van der Waals surface area contributed by atoms with Crippen LogP contribution in [-0.2, 0) is 84.1 Å². The van der Waals surface area contributed by atoms with Crippen LogP contribution in [0.5, 0.6) is 0 Å². The van der Waals surface area contributed by atoms with Gasteiger partial charge < -0.3 is 29.9 Å². The summed E-state index contributed by atoms with van der Waals surface area (Å²) in [6.07, 6.45) is 2.61. The summed E-state index contributed by atoms with van der Waals surface area (Å²) < 4.78 is 9.34. The predicted octanol–water partition coefficient (Wildman–Crippen LogP) is 10.7. The first-order valence-electron chi connectivity index (χ1n) is 37.8. The number of ether oxygens (including phenoxy) is 2. The third-order valence-corrected chi connectivity index (χ3v) is 21.1. The summed E-state index contributed by atoms with van der Waals surface area (Å²) in [4.78, 5) is 104. The van der Waals surface area contributed by atoms with E-state index in [0.29, 0.717) is 78.3 Å². The number of piperidine rings is 2. The number of esters is 2. The molecule has 2 amide bonds. The second kappa shape index (κ2) is 40.5. The average Bonchev–Trinajstić information content (AvgIpc) is 1.48. The van der Waals surface area contributed by atoms with Crippen molar-refractivity contribution in [1.29, 1.82) is 0 Å². The molecule has 2 fully saturated rings. The number of rotatable bonds is 16. The Labute approximate surface area is 659 Å². The fraction of sp³-hybridized carbons (Fsp3) is 0.368. The molecule has 0 aliphatic carbocycles. The van der Waals surface area contributed by atoms with E-state index in [1.807, 2.05) is 82.6 Å². The highest BCUT2D eigenvalue weighted by atomic mass is 35.5. The van der Waals surface area contributed by atoms with Gasteiger partial charge in [-0.1, -0.05) is 194 Å². The van der Waals surface area contributed by atoms with Gasteiger partial charge in [-0.3, -0.25) is 73.1 Å². The van der Waals surface area contributed by atoms with Gasteiger partial charge >= 0.3 is 11.9 Å². The van der Waals surface area contributed by atoms with E-state index in [-0.39, 0.29) is 48.2 Å². The van der Waals surface area contributed by atoms with Crippen LogP contribution in [0.15, 0.2) is 232 Å². The smallest absolute Gasteiger partial charge is 0.317 e. The van der Waals surface area contributed by atoms with Crippen LogP contribution in [0.1, 0.15) is 81.3 Å². The van der Waals surface area contributed by atoms with Crippen molar-refractivity contribution in [2.75, 3.05) is 106 Å². The van der Waals surface area contributed by atoms with E-state index < -0.39 is 23.8 Å². The topological polar surface area (TPSA) is 208 Å². The number of ketones is 2. The number of benzene rings is 7. The summed E-state index contributed by atoms with van der Waals surface area (Å²) >= 11 is 0. The van der Waals surface area contributed by atoms with Gasteiger partial charge in [-0.2, -0.15) is 0 Å². The summed E-state index contributed by atoms with van der Waals surface area (Å²) in [5, 5.41) is 6.46. The molecule has 2 saturated heterocycles. The molecule has 7 aromatic rings. The third kappa shape index (κ3) is 21.5. The first kappa shape index (κ1) is 82.4. The molecule has 9 aliphatic rings. The maximum Gasteiger partial charge on any atom is 0.317 e. The molecule has 7 aromatic carbocycles. The number of likely N-dealkylation sites (tertiary alicyclic amines) is 2. The molecule has 2 atom stereocenters. The number of nitrogens with one attached hydrogen (secondary N) is 2. The Bertz CT molecular complexity index is 4200. The molecule has 0 bridgehead atoms. The van der Waals surface area contributed by atoms with Crippen LogP contribution in [0, 0.1) is 32.6 Å². The summed E-state index contributed by atoms with van der Waals surface area (Å²) in [6.45, 7) is 22.4. The van der Waals surface area contributed by atoms with Gasteiger partial charge in [-0.05, 0) is 76.4 Å². The van der Waals surface area contributed by atoms with Crippen LogP contribution >= 0.6 is 24.8 Å². The summed E-state index contributed by atoms with van der Waals surface area (Å²) in [5.41, 5.74) is 17.0. The first-order valence-corrected chi connectivity index (χ1v) is 37.8. The van der Waals surface area contributed by atoms with Crippen LogP contribution in [0.4, 0.5) is 0 Å². The van der Waals surface area contributed by atoms with Gasteiger partial charge in [0.05, 0.1) is 58.1 Å². The number of guanidine groups is 3. The van der Waals surface area contributed by atoms with Crippen molar-refractivity contribution in [3.8, 4) is 0 Å². The Morgan fingerprint density at radius 2 is 0.764 bits per heavy atom. The van der Waals surface area contributed by atoms with Crippen molar-refractivity contribution < 1.29 is 38.2 Å². The van der Waals surface area contributed by atoms with Crippen molar-refractivity contribution in [1.82, 2.24) is 49.8 Å². The molecule has 2 unspecified atom stereocenters. The SMILES string of the molecule is COC(=O)C1CN(Cc2ccccc2)CCC1=O.COC(=O)C1CN(Cc2ccccc2)CCC1=O.Cc1ccccc1CN1C2=NCCN2C(=O)C2=C1CCN(Cc1ccccc1)C2.Cc1ccccc1CN1C2=NCCN2C(=O)C2=C1CCN(Cc1ccccc1)C2.Cc1ccccc1CNC1=NCCN1.Cl.Cl. The Morgan fingerprint density at radius 1 is 0.418 bits per heavy atom. The molecule has 9 aliphatic heterocycles. The van der Waals surface area contributed by atoms with E-state index in [4.69, 9.17) is 9.98 Å². The molecule has 0 aromatic heterocycles. The summed E-state index contributed by atoms with van der Waals surface area (Å²) in [6, 6.07) is 66.5. The Kier molecular flexibility index (Phi) is 30.3. The minimum atomic E-state index is -0.618. The number of carbonyl (C=O) groups is 6. The fourth-order valence-corrected chi connectivity index (χ4v) is 15.0. The minimum Gasteiger partial charge on any atom is -0.468 e. The van der Waals surface area contributed by atoms with Crippen molar-refractivity contribution >= 4 is 78.0 Å². The zero-order valence-electron chi connectivity index (χ0n) is 63.8. The summed E-state index contributed by atoms with van der Waals surface area (Å²) in [7, 11) is 2.65. The van der Waals surface area contributed by atoms with Gasteiger partial charge in [-0.15, -0.1) is 24.8 Å². The molecule has 0 spiro atoms.